The molecule has 0 bridgehead atoms. The topological polar surface area (TPSA) is 97.0 Å². The van der Waals surface area contributed by atoms with Crippen LogP contribution in [0.2, 0.25) is 0 Å². The van der Waals surface area contributed by atoms with Crippen LogP contribution >= 0.6 is 11.8 Å². The fraction of sp³-hybridized carbons (Fsp3) is 0.286. The maximum Gasteiger partial charge on any atom is 0.269 e. The molecule has 1 atom stereocenters. The van der Waals surface area contributed by atoms with Crippen molar-refractivity contribution in [3.05, 3.63) is 75.3 Å². The standard InChI is InChI=1S/C21H22N4O3S/c1-21(2,3)16-9-7-14(8-10-16)13-22-24-20-23-19(26)18(29-20)12-15-5-4-6-17(11-15)25(27)28/h4-11,13,18H,12H2,1-3H3,(H,23,24,26)/b22-13+. The van der Waals surface area contributed by atoms with Gasteiger partial charge in [-0.15, -0.1) is 5.10 Å². The molecule has 3 rings (SSSR count). The zero-order valence-electron chi connectivity index (χ0n) is 16.5. The van der Waals surface area contributed by atoms with Gasteiger partial charge in [-0.05, 0) is 28.5 Å². The van der Waals surface area contributed by atoms with Gasteiger partial charge in [-0.3, -0.25) is 14.9 Å². The molecule has 1 N–H and O–H groups in total. The molecule has 0 aliphatic carbocycles. The van der Waals surface area contributed by atoms with Gasteiger partial charge < -0.3 is 5.32 Å². The Labute approximate surface area is 173 Å². The van der Waals surface area contributed by atoms with Crippen molar-refractivity contribution in [2.24, 2.45) is 10.2 Å². The number of hydrogen-bond acceptors (Lipinski definition) is 6. The summed E-state index contributed by atoms with van der Waals surface area (Å²) in [5.41, 5.74) is 3.00. The smallest absolute Gasteiger partial charge is 0.269 e. The average molecular weight is 410 g/mol. The molecule has 1 unspecified atom stereocenters. The van der Waals surface area contributed by atoms with E-state index in [0.29, 0.717) is 11.6 Å². The van der Waals surface area contributed by atoms with Crippen LogP contribution in [-0.4, -0.2) is 27.5 Å². The molecule has 1 aliphatic rings. The Morgan fingerprint density at radius 1 is 1.21 bits per heavy atom. The van der Waals surface area contributed by atoms with Crippen LogP contribution in [-0.2, 0) is 16.6 Å². The van der Waals surface area contributed by atoms with Crippen molar-refractivity contribution in [2.75, 3.05) is 0 Å². The molecule has 1 saturated heterocycles. The van der Waals surface area contributed by atoms with Crippen LogP contribution in [0.1, 0.15) is 37.5 Å². The number of hydrogen-bond donors (Lipinski definition) is 1. The van der Waals surface area contributed by atoms with E-state index in [2.05, 4.69) is 48.4 Å². The second kappa shape index (κ2) is 8.57. The summed E-state index contributed by atoms with van der Waals surface area (Å²) in [6.45, 7) is 6.48. The van der Waals surface area contributed by atoms with Crippen LogP contribution in [0.5, 0.6) is 0 Å². The fourth-order valence-electron chi connectivity index (χ4n) is 2.81. The molecule has 150 valence electrons. The summed E-state index contributed by atoms with van der Waals surface area (Å²) in [4.78, 5) is 22.6. The number of carbonyl (C=O) groups is 1. The molecule has 8 heteroatoms. The molecular formula is C21H22N4O3S. The average Bonchev–Trinajstić information content (AvgIpc) is 3.01. The maximum absolute atomic E-state index is 12.2. The molecule has 0 aromatic heterocycles. The van der Waals surface area contributed by atoms with Gasteiger partial charge in [0.1, 0.15) is 0 Å². The third-order valence-corrected chi connectivity index (χ3v) is 5.52. The zero-order valence-corrected chi connectivity index (χ0v) is 17.3. The number of non-ortho nitro benzene ring substituents is 1. The third kappa shape index (κ3) is 5.51. The highest BCUT2D eigenvalue weighted by atomic mass is 32.2. The summed E-state index contributed by atoms with van der Waals surface area (Å²) in [6, 6.07) is 14.4. The molecular weight excluding hydrogens is 388 g/mol. The van der Waals surface area contributed by atoms with Crippen molar-refractivity contribution in [3.63, 3.8) is 0 Å². The molecule has 29 heavy (non-hydrogen) atoms. The minimum absolute atomic E-state index is 0.0156. The van der Waals surface area contributed by atoms with Crippen LogP contribution in [0.25, 0.3) is 0 Å². The Morgan fingerprint density at radius 2 is 1.93 bits per heavy atom. The molecule has 0 spiro atoms. The van der Waals surface area contributed by atoms with E-state index in [-0.39, 0.29) is 17.0 Å². The van der Waals surface area contributed by atoms with Crippen molar-refractivity contribution in [2.45, 2.75) is 37.9 Å². The lowest BCUT2D eigenvalue weighted by Crippen LogP contribution is -2.25. The van der Waals surface area contributed by atoms with Crippen molar-refractivity contribution >= 4 is 34.7 Å². The van der Waals surface area contributed by atoms with Crippen LogP contribution < -0.4 is 5.32 Å². The highest BCUT2D eigenvalue weighted by Crippen LogP contribution is 2.25. The number of nitro groups is 1. The van der Waals surface area contributed by atoms with E-state index in [1.807, 2.05) is 12.1 Å². The van der Waals surface area contributed by atoms with Gasteiger partial charge in [0, 0.05) is 12.1 Å². The monoisotopic (exact) mass is 410 g/mol. The third-order valence-electron chi connectivity index (χ3n) is 4.45. The van der Waals surface area contributed by atoms with E-state index >= 15 is 0 Å². The van der Waals surface area contributed by atoms with Gasteiger partial charge in [-0.2, -0.15) is 5.10 Å². The Morgan fingerprint density at radius 3 is 2.59 bits per heavy atom. The van der Waals surface area contributed by atoms with Crippen molar-refractivity contribution in [1.82, 2.24) is 5.32 Å². The van der Waals surface area contributed by atoms with Gasteiger partial charge in [0.25, 0.3) is 5.69 Å². The second-order valence-electron chi connectivity index (χ2n) is 7.75. The first-order valence-electron chi connectivity index (χ1n) is 9.15. The fourth-order valence-corrected chi connectivity index (χ4v) is 3.78. The normalized spacial score (nSPS) is 18.4. The number of rotatable bonds is 5. The van der Waals surface area contributed by atoms with E-state index < -0.39 is 10.2 Å². The number of amidine groups is 1. The predicted molar refractivity (Wildman–Crippen MR) is 116 cm³/mol. The minimum atomic E-state index is -0.443. The van der Waals surface area contributed by atoms with Crippen LogP contribution in [0.15, 0.2) is 58.7 Å². The molecule has 7 nitrogen and oxygen atoms in total. The van der Waals surface area contributed by atoms with E-state index in [0.717, 1.165) is 11.1 Å². The first kappa shape index (κ1) is 20.7. The summed E-state index contributed by atoms with van der Waals surface area (Å²) in [6.07, 6.45) is 2.02. The summed E-state index contributed by atoms with van der Waals surface area (Å²) < 4.78 is 0. The van der Waals surface area contributed by atoms with Gasteiger partial charge in [0.05, 0.1) is 16.4 Å². The molecule has 1 fully saturated rings. The number of amides is 1. The summed E-state index contributed by atoms with van der Waals surface area (Å²) in [7, 11) is 0. The number of nitrogens with zero attached hydrogens (tertiary/aromatic N) is 3. The minimum Gasteiger partial charge on any atom is -0.303 e. The number of carbonyl (C=O) groups excluding carboxylic acids is 1. The number of nitro benzene ring substituents is 1. The number of thioether (sulfide) groups is 1. The van der Waals surface area contributed by atoms with Crippen molar-refractivity contribution < 1.29 is 9.72 Å². The van der Waals surface area contributed by atoms with Gasteiger partial charge in [-0.25, -0.2) is 0 Å². The summed E-state index contributed by atoms with van der Waals surface area (Å²) >= 11 is 1.27. The molecule has 1 amide bonds. The Balaban J connectivity index is 1.62. The van der Waals surface area contributed by atoms with Crippen LogP contribution in [0.4, 0.5) is 5.69 Å². The predicted octanol–water partition coefficient (Wildman–Crippen LogP) is 4.06. The zero-order chi connectivity index (χ0) is 21.0. The molecule has 2 aromatic rings. The summed E-state index contributed by atoms with van der Waals surface area (Å²) in [5.74, 6) is -0.176. The maximum atomic E-state index is 12.2. The molecule has 2 aromatic carbocycles. The number of benzene rings is 2. The van der Waals surface area contributed by atoms with E-state index in [9.17, 15) is 14.9 Å². The van der Waals surface area contributed by atoms with Crippen molar-refractivity contribution in [1.29, 1.82) is 0 Å². The molecule has 0 saturated carbocycles. The Bertz CT molecular complexity index is 978. The Hall–Kier alpha value is -3.00. The van der Waals surface area contributed by atoms with E-state index in [4.69, 9.17) is 0 Å². The largest absolute Gasteiger partial charge is 0.303 e. The van der Waals surface area contributed by atoms with E-state index in [1.165, 1.54) is 29.5 Å². The summed E-state index contributed by atoms with van der Waals surface area (Å²) in [5, 5.41) is 21.8. The first-order valence-corrected chi connectivity index (χ1v) is 10.0. The van der Waals surface area contributed by atoms with Crippen LogP contribution in [0.3, 0.4) is 0 Å². The van der Waals surface area contributed by atoms with Gasteiger partial charge in [0.2, 0.25) is 5.91 Å². The number of nitrogens with one attached hydrogen (secondary N) is 1. The SMILES string of the molecule is CC(C)(C)c1ccc(/C=N/N=C2\NC(=O)C(Cc3cccc([N+](=O)[O-])c3)S2)cc1. The molecule has 1 aliphatic heterocycles. The van der Waals surface area contributed by atoms with Crippen molar-refractivity contribution in [3.8, 4) is 0 Å². The van der Waals surface area contributed by atoms with E-state index in [1.54, 1.807) is 18.3 Å². The van der Waals surface area contributed by atoms with Crippen LogP contribution in [0, 0.1) is 10.1 Å². The lowest BCUT2D eigenvalue weighted by Gasteiger charge is -2.18. The lowest BCUT2D eigenvalue weighted by molar-refractivity contribution is -0.384. The lowest BCUT2D eigenvalue weighted by atomic mass is 9.87. The Kier molecular flexibility index (Phi) is 6.12. The van der Waals surface area contributed by atoms with Gasteiger partial charge in [0.15, 0.2) is 5.17 Å². The molecule has 1 heterocycles. The molecule has 0 radical (unpaired) electrons. The van der Waals surface area contributed by atoms with Gasteiger partial charge >= 0.3 is 0 Å². The van der Waals surface area contributed by atoms with Gasteiger partial charge in [-0.1, -0.05) is 68.9 Å². The highest BCUT2D eigenvalue weighted by Gasteiger charge is 2.30. The second-order valence-corrected chi connectivity index (χ2v) is 8.94. The highest BCUT2D eigenvalue weighted by molar-refractivity contribution is 8.15. The quantitative estimate of drug-likeness (QED) is 0.457. The first-order chi connectivity index (χ1) is 13.7.